The first-order valence-corrected chi connectivity index (χ1v) is 12.0. The Morgan fingerprint density at radius 3 is 2.53 bits per heavy atom. The van der Waals surface area contributed by atoms with Crippen molar-refractivity contribution in [1.82, 2.24) is 5.32 Å². The van der Waals surface area contributed by atoms with Gasteiger partial charge in [-0.1, -0.05) is 23.7 Å². The Labute approximate surface area is 214 Å². The largest absolute Gasteiger partial charge is 0.484 e. The molecular formula is C27H27ClN2O6. The monoisotopic (exact) mass is 510 g/mol. The summed E-state index contributed by atoms with van der Waals surface area (Å²) in [5.74, 6) is -0.830. The van der Waals surface area contributed by atoms with Crippen LogP contribution in [0, 0.1) is 0 Å². The molecule has 0 aliphatic carbocycles. The smallest absolute Gasteiger partial charge is 0.343 e. The van der Waals surface area contributed by atoms with Gasteiger partial charge in [-0.15, -0.1) is 0 Å². The minimum atomic E-state index is -0.693. The zero-order chi connectivity index (χ0) is 25.7. The van der Waals surface area contributed by atoms with E-state index in [0.29, 0.717) is 40.0 Å². The molecule has 2 aliphatic heterocycles. The molecule has 0 aromatic heterocycles. The van der Waals surface area contributed by atoms with E-state index in [-0.39, 0.29) is 24.2 Å². The highest BCUT2D eigenvalue weighted by molar-refractivity contribution is 6.31. The molecule has 1 saturated heterocycles. The van der Waals surface area contributed by atoms with Crippen LogP contribution in [0.1, 0.15) is 25.3 Å². The molecule has 2 aliphatic rings. The van der Waals surface area contributed by atoms with Gasteiger partial charge in [0.25, 0.3) is 5.91 Å². The summed E-state index contributed by atoms with van der Waals surface area (Å²) in [7, 11) is 1.24. The van der Waals surface area contributed by atoms with E-state index in [2.05, 4.69) is 5.32 Å². The van der Waals surface area contributed by atoms with E-state index in [4.69, 9.17) is 25.8 Å². The number of ketones is 1. The van der Waals surface area contributed by atoms with Crippen molar-refractivity contribution in [2.75, 3.05) is 31.8 Å². The number of carbonyl (C=O) groups is 3. The summed E-state index contributed by atoms with van der Waals surface area (Å²) in [4.78, 5) is 39.3. The highest BCUT2D eigenvalue weighted by Gasteiger charge is 2.38. The van der Waals surface area contributed by atoms with Gasteiger partial charge in [-0.05, 0) is 67.8 Å². The van der Waals surface area contributed by atoms with Crippen LogP contribution in [0.25, 0.3) is 6.08 Å². The van der Waals surface area contributed by atoms with Crippen molar-refractivity contribution in [3.8, 4) is 5.75 Å². The molecule has 1 fully saturated rings. The molecule has 0 radical (unpaired) electrons. The summed E-state index contributed by atoms with van der Waals surface area (Å²) in [6, 6.07) is 13.9. The van der Waals surface area contributed by atoms with Crippen molar-refractivity contribution in [1.29, 1.82) is 0 Å². The number of anilines is 1. The molecule has 0 spiro atoms. The number of nitrogens with zero attached hydrogens (tertiary/aromatic N) is 1. The van der Waals surface area contributed by atoms with E-state index in [1.165, 1.54) is 7.11 Å². The average Bonchev–Trinajstić information content (AvgIpc) is 3.49. The van der Waals surface area contributed by atoms with Crippen LogP contribution in [0.5, 0.6) is 5.75 Å². The molecule has 0 saturated carbocycles. The number of ether oxygens (including phenoxy) is 3. The third-order valence-electron chi connectivity index (χ3n) is 5.98. The number of benzene rings is 2. The van der Waals surface area contributed by atoms with E-state index in [1.807, 2.05) is 0 Å². The number of carbonyl (C=O) groups excluding carboxylic acids is 3. The van der Waals surface area contributed by atoms with Crippen molar-refractivity contribution < 1.29 is 28.6 Å². The molecule has 8 nitrogen and oxygen atoms in total. The number of hydrogen-bond donors (Lipinski definition) is 1. The molecule has 4 rings (SSSR count). The lowest BCUT2D eigenvalue weighted by atomic mass is 10.1. The predicted octanol–water partition coefficient (Wildman–Crippen LogP) is 3.89. The Bertz CT molecular complexity index is 1200. The van der Waals surface area contributed by atoms with Gasteiger partial charge in [0, 0.05) is 29.6 Å². The van der Waals surface area contributed by atoms with Crippen LogP contribution < -0.4 is 15.0 Å². The maximum atomic E-state index is 13.2. The SMILES string of the molecule is COC(=O)C1=C(C)N(c2ccc(Cl)cc2)/C(=C\c2ccc(OCC(=O)NC[C@H]3CCCO3)cc2)C1=O. The Morgan fingerprint density at radius 2 is 1.89 bits per heavy atom. The minimum Gasteiger partial charge on any atom is -0.484 e. The zero-order valence-corrected chi connectivity index (χ0v) is 20.8. The Hall–Kier alpha value is -3.62. The number of allylic oxidation sites excluding steroid dienone is 2. The second-order valence-corrected chi connectivity index (χ2v) is 8.86. The lowest BCUT2D eigenvalue weighted by Crippen LogP contribution is -2.35. The standard InChI is InChI=1S/C27H27ClN2O6/c1-17-25(27(33)34-2)26(32)23(30(17)20-9-7-19(28)8-10-20)14-18-5-11-21(12-6-18)36-16-24(31)29-15-22-4-3-13-35-22/h5-12,14,22H,3-4,13,15-16H2,1-2H3,(H,29,31)/b23-14-/t22-/m1/s1. The topological polar surface area (TPSA) is 94.2 Å². The molecule has 9 heteroatoms. The van der Waals surface area contributed by atoms with Gasteiger partial charge in [-0.2, -0.15) is 0 Å². The summed E-state index contributed by atoms with van der Waals surface area (Å²) < 4.78 is 15.9. The highest BCUT2D eigenvalue weighted by Crippen LogP contribution is 2.36. The van der Waals surface area contributed by atoms with Crippen molar-refractivity contribution in [2.45, 2.75) is 25.9 Å². The van der Waals surface area contributed by atoms with E-state index < -0.39 is 11.8 Å². The summed E-state index contributed by atoms with van der Waals surface area (Å²) in [6.45, 7) is 2.80. The second kappa shape index (κ2) is 11.4. The fraction of sp³-hybridized carbons (Fsp3) is 0.296. The fourth-order valence-corrected chi connectivity index (χ4v) is 4.26. The number of Topliss-reactive ketones (excluding diaryl/α,β-unsaturated/α-hetero) is 1. The van der Waals surface area contributed by atoms with Gasteiger partial charge in [0.05, 0.1) is 18.9 Å². The van der Waals surface area contributed by atoms with Crippen molar-refractivity contribution >= 4 is 41.0 Å². The average molecular weight is 511 g/mol. The Kier molecular flexibility index (Phi) is 8.07. The second-order valence-electron chi connectivity index (χ2n) is 8.42. The number of hydrogen-bond acceptors (Lipinski definition) is 7. The molecule has 2 aromatic carbocycles. The normalized spacial score (nSPS) is 18.6. The molecule has 1 N–H and O–H groups in total. The molecule has 0 bridgehead atoms. The van der Waals surface area contributed by atoms with Gasteiger partial charge >= 0.3 is 5.97 Å². The first-order valence-electron chi connectivity index (χ1n) is 11.6. The molecule has 1 amide bonds. The Balaban J connectivity index is 1.47. The number of halogens is 1. The lowest BCUT2D eigenvalue weighted by molar-refractivity contribution is -0.137. The van der Waals surface area contributed by atoms with Gasteiger partial charge in [0.15, 0.2) is 6.61 Å². The van der Waals surface area contributed by atoms with Crippen molar-refractivity contribution in [3.63, 3.8) is 0 Å². The fourth-order valence-electron chi connectivity index (χ4n) is 4.13. The third-order valence-corrected chi connectivity index (χ3v) is 6.23. The summed E-state index contributed by atoms with van der Waals surface area (Å²) in [5.41, 5.74) is 2.15. The van der Waals surface area contributed by atoms with Gasteiger partial charge in [-0.25, -0.2) is 4.79 Å². The van der Waals surface area contributed by atoms with Crippen LogP contribution in [0.4, 0.5) is 5.69 Å². The van der Waals surface area contributed by atoms with Crippen LogP contribution in [0.15, 0.2) is 65.5 Å². The van der Waals surface area contributed by atoms with Crippen molar-refractivity contribution in [3.05, 3.63) is 76.1 Å². The van der Waals surface area contributed by atoms with E-state index in [1.54, 1.807) is 66.4 Å². The van der Waals surface area contributed by atoms with Gasteiger partial charge in [0.1, 0.15) is 11.3 Å². The van der Waals surface area contributed by atoms with Gasteiger partial charge < -0.3 is 24.4 Å². The first-order chi connectivity index (χ1) is 17.4. The van der Waals surface area contributed by atoms with Crippen LogP contribution in [-0.4, -0.2) is 50.6 Å². The number of amides is 1. The maximum absolute atomic E-state index is 13.2. The highest BCUT2D eigenvalue weighted by atomic mass is 35.5. The summed E-state index contributed by atoms with van der Waals surface area (Å²) in [5, 5.41) is 3.37. The molecule has 188 valence electrons. The molecular weight excluding hydrogens is 484 g/mol. The Morgan fingerprint density at radius 1 is 1.17 bits per heavy atom. The van der Waals surface area contributed by atoms with Gasteiger partial charge in [0.2, 0.25) is 5.78 Å². The van der Waals surface area contributed by atoms with E-state index in [0.717, 1.165) is 19.4 Å². The van der Waals surface area contributed by atoms with Crippen LogP contribution in [0.3, 0.4) is 0 Å². The molecule has 2 aromatic rings. The molecule has 0 unspecified atom stereocenters. The van der Waals surface area contributed by atoms with Crippen LogP contribution in [-0.2, 0) is 23.9 Å². The first kappa shape index (κ1) is 25.5. The van der Waals surface area contributed by atoms with Crippen LogP contribution >= 0.6 is 11.6 Å². The summed E-state index contributed by atoms with van der Waals surface area (Å²) in [6.07, 6.45) is 3.73. The third kappa shape index (κ3) is 5.78. The zero-order valence-electron chi connectivity index (χ0n) is 20.1. The lowest BCUT2D eigenvalue weighted by Gasteiger charge is -2.21. The molecule has 36 heavy (non-hydrogen) atoms. The summed E-state index contributed by atoms with van der Waals surface area (Å²) >= 11 is 6.03. The van der Waals surface area contributed by atoms with E-state index in [9.17, 15) is 14.4 Å². The molecule has 1 atom stereocenters. The van der Waals surface area contributed by atoms with Crippen LogP contribution in [0.2, 0.25) is 5.02 Å². The number of rotatable bonds is 8. The van der Waals surface area contributed by atoms with E-state index >= 15 is 0 Å². The number of methoxy groups -OCH3 is 1. The molecule has 2 heterocycles. The quantitative estimate of drug-likeness (QED) is 0.327. The van der Waals surface area contributed by atoms with Gasteiger partial charge in [-0.3, -0.25) is 9.59 Å². The number of esters is 1. The number of nitrogens with one attached hydrogen (secondary N) is 1. The maximum Gasteiger partial charge on any atom is 0.343 e. The van der Waals surface area contributed by atoms with Crippen molar-refractivity contribution in [2.24, 2.45) is 0 Å². The predicted molar refractivity (Wildman–Crippen MR) is 136 cm³/mol. The minimum absolute atomic E-state index is 0.0207.